The normalized spacial score (nSPS) is 12.8. The summed E-state index contributed by atoms with van der Waals surface area (Å²) in [6, 6.07) is 7.99. The minimum absolute atomic E-state index is 0.331. The molecular weight excluding hydrogens is 236 g/mol. The zero-order chi connectivity index (χ0) is 13.9. The van der Waals surface area contributed by atoms with Crippen molar-refractivity contribution >= 4 is 6.08 Å². The molecule has 2 nitrogen and oxygen atoms in total. The zero-order valence-corrected chi connectivity index (χ0v) is 12.1. The van der Waals surface area contributed by atoms with E-state index in [1.54, 1.807) is 13.4 Å². The molecule has 0 spiro atoms. The summed E-state index contributed by atoms with van der Waals surface area (Å²) in [5.41, 5.74) is 2.09. The largest absolute Gasteiger partial charge is 0.504 e. The number of methoxy groups -OCH3 is 1. The summed E-state index contributed by atoms with van der Waals surface area (Å²) in [7, 11) is 1.63. The van der Waals surface area contributed by atoms with Gasteiger partial charge >= 0.3 is 0 Å². The third kappa shape index (κ3) is 6.44. The summed E-state index contributed by atoms with van der Waals surface area (Å²) < 4.78 is 4.88. The number of ether oxygens (including phenoxy) is 1. The lowest BCUT2D eigenvalue weighted by Crippen LogP contribution is -1.97. The average Bonchev–Trinajstić information content (AvgIpc) is 2.45. The molecule has 0 bridgehead atoms. The molecule has 0 aromatic heterocycles. The molecule has 0 saturated heterocycles. The van der Waals surface area contributed by atoms with Crippen LogP contribution in [0.5, 0.6) is 0 Å². The Morgan fingerprint density at radius 2 is 1.79 bits per heavy atom. The number of rotatable bonds is 9. The molecule has 1 unspecified atom stereocenters. The highest BCUT2D eigenvalue weighted by molar-refractivity contribution is 5.48. The Balaban J connectivity index is 2.35. The lowest BCUT2D eigenvalue weighted by Gasteiger charge is -2.11. The Morgan fingerprint density at radius 3 is 2.42 bits per heavy atom. The molecule has 19 heavy (non-hydrogen) atoms. The van der Waals surface area contributed by atoms with Crippen molar-refractivity contribution in [3.8, 4) is 0 Å². The maximum absolute atomic E-state index is 10.1. The maximum atomic E-state index is 10.1. The number of hydrogen-bond acceptors (Lipinski definition) is 2. The first-order chi connectivity index (χ1) is 9.27. The molecule has 0 saturated carbocycles. The minimum Gasteiger partial charge on any atom is -0.504 e. The number of benzene rings is 1. The van der Waals surface area contributed by atoms with E-state index in [1.165, 1.54) is 25.7 Å². The third-order valence-corrected chi connectivity index (χ3v) is 3.30. The van der Waals surface area contributed by atoms with E-state index in [0.717, 1.165) is 24.0 Å². The molecule has 0 fully saturated rings. The van der Waals surface area contributed by atoms with Crippen LogP contribution in [0.3, 0.4) is 0 Å². The first-order valence-corrected chi connectivity index (χ1v) is 7.25. The molecule has 2 heteroatoms. The Labute approximate surface area is 117 Å². The first kappa shape index (κ1) is 15.8. The number of hydrogen-bond donors (Lipinski definition) is 1. The van der Waals surface area contributed by atoms with Crippen molar-refractivity contribution in [2.75, 3.05) is 7.11 Å². The highest BCUT2D eigenvalue weighted by Crippen LogP contribution is 2.20. The predicted molar refractivity (Wildman–Crippen MR) is 80.8 cm³/mol. The third-order valence-electron chi connectivity index (χ3n) is 3.30. The lowest BCUT2D eigenvalue weighted by atomic mass is 10.0. The molecule has 1 rings (SSSR count). The molecule has 0 amide bonds. The molecule has 0 aliphatic rings. The summed E-state index contributed by atoms with van der Waals surface area (Å²) in [4.78, 5) is 0. The van der Waals surface area contributed by atoms with Gasteiger partial charge in [-0.25, -0.2) is 0 Å². The van der Waals surface area contributed by atoms with E-state index in [-0.39, 0.29) is 6.10 Å². The fourth-order valence-electron chi connectivity index (χ4n) is 2.08. The number of aliphatic hydroxyl groups excluding tert-OH is 1. The van der Waals surface area contributed by atoms with Gasteiger partial charge in [0.1, 0.15) is 0 Å². The SMILES string of the molecule is CCCCCCCC(O)c1ccc(/C=C/OC)cc1. The quantitative estimate of drug-likeness (QED) is 0.516. The highest BCUT2D eigenvalue weighted by atomic mass is 16.5. The van der Waals surface area contributed by atoms with E-state index < -0.39 is 0 Å². The van der Waals surface area contributed by atoms with Gasteiger partial charge in [-0.15, -0.1) is 0 Å². The van der Waals surface area contributed by atoms with Crippen LogP contribution in [-0.4, -0.2) is 12.2 Å². The van der Waals surface area contributed by atoms with E-state index in [1.807, 2.05) is 30.3 Å². The van der Waals surface area contributed by atoms with Crippen molar-refractivity contribution in [2.45, 2.75) is 51.6 Å². The monoisotopic (exact) mass is 262 g/mol. The second kappa shape index (κ2) is 9.62. The molecule has 1 aromatic carbocycles. The molecular formula is C17H26O2. The van der Waals surface area contributed by atoms with Crippen LogP contribution in [0.2, 0.25) is 0 Å². The summed E-state index contributed by atoms with van der Waals surface area (Å²) in [5.74, 6) is 0. The Kier molecular flexibility index (Phi) is 7.99. The number of unbranched alkanes of at least 4 members (excludes halogenated alkanes) is 4. The van der Waals surface area contributed by atoms with E-state index in [4.69, 9.17) is 4.74 Å². The molecule has 0 aliphatic heterocycles. The van der Waals surface area contributed by atoms with Gasteiger partial charge in [-0.05, 0) is 23.6 Å². The van der Waals surface area contributed by atoms with Crippen LogP contribution >= 0.6 is 0 Å². The summed E-state index contributed by atoms with van der Waals surface area (Å²) in [6.45, 7) is 2.22. The van der Waals surface area contributed by atoms with Gasteiger partial charge in [0, 0.05) is 0 Å². The van der Waals surface area contributed by atoms with Gasteiger partial charge in [0.05, 0.1) is 19.5 Å². The highest BCUT2D eigenvalue weighted by Gasteiger charge is 2.06. The second-order valence-electron chi connectivity index (χ2n) is 4.92. The molecule has 1 N–H and O–H groups in total. The molecule has 1 atom stereocenters. The standard InChI is InChI=1S/C17H26O2/c1-3-4-5-6-7-8-17(18)16-11-9-15(10-12-16)13-14-19-2/h9-14,17-18H,3-8H2,1-2H3/b14-13+. The van der Waals surface area contributed by atoms with Crippen LogP contribution in [-0.2, 0) is 4.74 Å². The van der Waals surface area contributed by atoms with Gasteiger partial charge in [-0.1, -0.05) is 63.3 Å². The van der Waals surface area contributed by atoms with Crippen LogP contribution in [0.1, 0.15) is 62.7 Å². The van der Waals surface area contributed by atoms with Crippen molar-refractivity contribution in [1.82, 2.24) is 0 Å². The fraction of sp³-hybridized carbons (Fsp3) is 0.529. The number of aliphatic hydroxyl groups is 1. The summed E-state index contributed by atoms with van der Waals surface area (Å²) in [6.07, 6.45) is 10.3. The van der Waals surface area contributed by atoms with Crippen LogP contribution in [0, 0.1) is 0 Å². The molecule has 0 aliphatic carbocycles. The zero-order valence-electron chi connectivity index (χ0n) is 12.1. The van der Waals surface area contributed by atoms with E-state index in [0.29, 0.717) is 0 Å². The second-order valence-corrected chi connectivity index (χ2v) is 4.92. The predicted octanol–water partition coefficient (Wildman–Crippen LogP) is 4.70. The molecule has 106 valence electrons. The van der Waals surface area contributed by atoms with Gasteiger partial charge in [0.25, 0.3) is 0 Å². The molecule has 0 heterocycles. The Hall–Kier alpha value is -1.28. The van der Waals surface area contributed by atoms with E-state index in [2.05, 4.69) is 6.92 Å². The molecule has 0 radical (unpaired) electrons. The fourth-order valence-corrected chi connectivity index (χ4v) is 2.08. The van der Waals surface area contributed by atoms with Gasteiger partial charge < -0.3 is 9.84 Å². The van der Waals surface area contributed by atoms with Gasteiger partial charge in [0.2, 0.25) is 0 Å². The van der Waals surface area contributed by atoms with Crippen molar-refractivity contribution in [2.24, 2.45) is 0 Å². The summed E-state index contributed by atoms with van der Waals surface area (Å²) in [5, 5.41) is 10.1. The molecule has 1 aromatic rings. The van der Waals surface area contributed by atoms with Crippen LogP contribution in [0.4, 0.5) is 0 Å². The van der Waals surface area contributed by atoms with E-state index in [9.17, 15) is 5.11 Å². The van der Waals surface area contributed by atoms with Crippen LogP contribution in [0.15, 0.2) is 30.5 Å². The summed E-state index contributed by atoms with van der Waals surface area (Å²) >= 11 is 0. The van der Waals surface area contributed by atoms with Crippen molar-refractivity contribution in [3.63, 3.8) is 0 Å². The van der Waals surface area contributed by atoms with Crippen molar-refractivity contribution in [1.29, 1.82) is 0 Å². The van der Waals surface area contributed by atoms with Crippen LogP contribution < -0.4 is 0 Å². The first-order valence-electron chi connectivity index (χ1n) is 7.25. The van der Waals surface area contributed by atoms with Gasteiger partial charge in [0.15, 0.2) is 0 Å². The van der Waals surface area contributed by atoms with Crippen molar-refractivity contribution < 1.29 is 9.84 Å². The van der Waals surface area contributed by atoms with Gasteiger partial charge in [-0.3, -0.25) is 0 Å². The van der Waals surface area contributed by atoms with Crippen molar-refractivity contribution in [3.05, 3.63) is 41.7 Å². The van der Waals surface area contributed by atoms with Crippen LogP contribution in [0.25, 0.3) is 6.08 Å². The smallest absolute Gasteiger partial charge is 0.0830 e. The maximum Gasteiger partial charge on any atom is 0.0830 e. The Morgan fingerprint density at radius 1 is 1.11 bits per heavy atom. The Bertz CT molecular complexity index is 354. The lowest BCUT2D eigenvalue weighted by molar-refractivity contribution is 0.163. The van der Waals surface area contributed by atoms with E-state index >= 15 is 0 Å². The topological polar surface area (TPSA) is 29.5 Å². The van der Waals surface area contributed by atoms with Gasteiger partial charge in [-0.2, -0.15) is 0 Å². The minimum atomic E-state index is -0.331. The average molecular weight is 262 g/mol.